The van der Waals surface area contributed by atoms with Crippen LogP contribution < -0.4 is 15.7 Å². The van der Waals surface area contributed by atoms with Gasteiger partial charge in [-0.3, -0.25) is 9.36 Å². The van der Waals surface area contributed by atoms with Crippen molar-refractivity contribution in [3.8, 4) is 17.1 Å². The van der Waals surface area contributed by atoms with E-state index in [0.29, 0.717) is 17.1 Å². The van der Waals surface area contributed by atoms with E-state index in [2.05, 4.69) is 10.4 Å². The molecular weight excluding hydrogens is 370 g/mol. The Morgan fingerprint density at radius 2 is 1.68 bits per heavy atom. The molecule has 7 nitrogen and oxygen atoms in total. The van der Waals surface area contributed by atoms with Gasteiger partial charge in [-0.1, -0.05) is 0 Å². The summed E-state index contributed by atoms with van der Waals surface area (Å²) in [6.07, 6.45) is 0. The number of hydrogen-bond donors (Lipinski definition) is 1. The fourth-order valence-electron chi connectivity index (χ4n) is 2.52. The summed E-state index contributed by atoms with van der Waals surface area (Å²) in [6, 6.07) is 11.0. The third-order valence-electron chi connectivity index (χ3n) is 3.97. The monoisotopic (exact) mass is 388 g/mol. The largest absolute Gasteiger partial charge is 0.484 e. The zero-order chi connectivity index (χ0) is 20.1. The normalized spacial score (nSPS) is 10.7. The van der Waals surface area contributed by atoms with Gasteiger partial charge in [0.1, 0.15) is 17.4 Å². The summed E-state index contributed by atoms with van der Waals surface area (Å²) in [5.41, 5.74) is 0.257. The summed E-state index contributed by atoms with van der Waals surface area (Å²) in [6.45, 7) is 0.102. The molecule has 0 aliphatic heterocycles. The molecule has 1 N–H and O–H groups in total. The Morgan fingerprint density at radius 1 is 1.07 bits per heavy atom. The highest BCUT2D eigenvalue weighted by Gasteiger charge is 2.12. The summed E-state index contributed by atoms with van der Waals surface area (Å²) < 4.78 is 33.7. The van der Waals surface area contributed by atoms with E-state index in [-0.39, 0.29) is 37.1 Å². The highest BCUT2D eigenvalue weighted by atomic mass is 19.1. The fraction of sp³-hybridized carbons (Fsp3) is 0.211. The molecule has 0 saturated heterocycles. The van der Waals surface area contributed by atoms with Crippen molar-refractivity contribution in [3.05, 3.63) is 70.6 Å². The fourth-order valence-corrected chi connectivity index (χ4v) is 2.52. The third-order valence-corrected chi connectivity index (χ3v) is 3.97. The van der Waals surface area contributed by atoms with Gasteiger partial charge < -0.3 is 10.1 Å². The minimum Gasteiger partial charge on any atom is -0.484 e. The lowest BCUT2D eigenvalue weighted by Crippen LogP contribution is -2.34. The molecule has 0 unspecified atom stereocenters. The van der Waals surface area contributed by atoms with E-state index >= 15 is 0 Å². The van der Waals surface area contributed by atoms with Crippen molar-refractivity contribution >= 4 is 5.91 Å². The van der Waals surface area contributed by atoms with Crippen LogP contribution in [0.4, 0.5) is 8.78 Å². The molecule has 1 aromatic heterocycles. The van der Waals surface area contributed by atoms with Gasteiger partial charge in [0.15, 0.2) is 12.4 Å². The summed E-state index contributed by atoms with van der Waals surface area (Å²) in [5, 5.41) is 6.85. The maximum atomic E-state index is 13.1. The molecule has 3 aromatic rings. The molecule has 0 aliphatic carbocycles. The molecule has 0 spiro atoms. The average molecular weight is 388 g/mol. The second kappa shape index (κ2) is 8.47. The van der Waals surface area contributed by atoms with Gasteiger partial charge in [0.05, 0.1) is 6.54 Å². The number of rotatable bonds is 7. The molecule has 9 heteroatoms. The number of ether oxygens (including phenoxy) is 1. The first-order chi connectivity index (χ1) is 13.4. The molecular formula is C19H18F2N4O3. The Balaban J connectivity index is 1.54. The summed E-state index contributed by atoms with van der Waals surface area (Å²) >= 11 is 0. The predicted molar refractivity (Wildman–Crippen MR) is 97.8 cm³/mol. The van der Waals surface area contributed by atoms with Crippen molar-refractivity contribution in [1.82, 2.24) is 19.7 Å². The van der Waals surface area contributed by atoms with Gasteiger partial charge >= 0.3 is 5.69 Å². The zero-order valence-corrected chi connectivity index (χ0v) is 15.1. The van der Waals surface area contributed by atoms with Crippen LogP contribution in [0.15, 0.2) is 53.3 Å². The molecule has 2 aromatic carbocycles. The van der Waals surface area contributed by atoms with Gasteiger partial charge in [-0.05, 0) is 48.5 Å². The molecule has 0 aliphatic rings. The molecule has 1 heterocycles. The van der Waals surface area contributed by atoms with E-state index in [1.54, 1.807) is 7.05 Å². The van der Waals surface area contributed by atoms with Crippen LogP contribution in [0.3, 0.4) is 0 Å². The van der Waals surface area contributed by atoms with Crippen LogP contribution in [-0.2, 0) is 18.4 Å². The van der Waals surface area contributed by atoms with Gasteiger partial charge in [0, 0.05) is 19.2 Å². The number of hydrogen-bond acceptors (Lipinski definition) is 4. The van der Waals surface area contributed by atoms with Crippen molar-refractivity contribution < 1.29 is 18.3 Å². The van der Waals surface area contributed by atoms with Crippen molar-refractivity contribution in [1.29, 1.82) is 0 Å². The van der Waals surface area contributed by atoms with Gasteiger partial charge in [-0.25, -0.2) is 18.3 Å². The number of nitrogens with zero attached hydrogens (tertiary/aromatic N) is 3. The maximum Gasteiger partial charge on any atom is 0.345 e. The highest BCUT2D eigenvalue weighted by Crippen LogP contribution is 2.15. The van der Waals surface area contributed by atoms with Crippen LogP contribution in [0, 0.1) is 11.6 Å². The van der Waals surface area contributed by atoms with Gasteiger partial charge in [0.2, 0.25) is 0 Å². The lowest BCUT2D eigenvalue weighted by Gasteiger charge is -2.07. The Morgan fingerprint density at radius 3 is 2.32 bits per heavy atom. The molecule has 1 amide bonds. The van der Waals surface area contributed by atoms with E-state index in [0.717, 1.165) is 0 Å². The van der Waals surface area contributed by atoms with Crippen LogP contribution in [-0.4, -0.2) is 33.4 Å². The smallest absolute Gasteiger partial charge is 0.345 e. The first-order valence-electron chi connectivity index (χ1n) is 8.49. The van der Waals surface area contributed by atoms with E-state index in [9.17, 15) is 18.4 Å². The van der Waals surface area contributed by atoms with Crippen molar-refractivity contribution in [2.24, 2.45) is 7.05 Å². The second-order valence-electron chi connectivity index (χ2n) is 5.99. The van der Waals surface area contributed by atoms with E-state index in [1.165, 1.54) is 57.8 Å². The summed E-state index contributed by atoms with van der Waals surface area (Å²) in [7, 11) is 1.57. The Kier molecular flexibility index (Phi) is 5.83. The van der Waals surface area contributed by atoms with Crippen LogP contribution in [0.5, 0.6) is 5.75 Å². The average Bonchev–Trinajstić information content (AvgIpc) is 2.97. The summed E-state index contributed by atoms with van der Waals surface area (Å²) in [4.78, 5) is 24.1. The Bertz CT molecular complexity index is 1010. The lowest BCUT2D eigenvalue weighted by molar-refractivity contribution is -0.123. The quantitative estimate of drug-likeness (QED) is 0.669. The van der Waals surface area contributed by atoms with Crippen molar-refractivity contribution in [2.45, 2.75) is 6.54 Å². The lowest BCUT2D eigenvalue weighted by atomic mass is 10.2. The number of amides is 1. The van der Waals surface area contributed by atoms with E-state index in [4.69, 9.17) is 4.74 Å². The number of halogens is 2. The standard InChI is InChI=1S/C19H18F2N4O3/c1-24-18(13-2-4-14(20)5-3-13)23-25(19(24)27)11-10-22-17(26)12-28-16-8-6-15(21)7-9-16/h2-9H,10-12H2,1H3,(H,22,26). The van der Waals surface area contributed by atoms with Crippen LogP contribution in [0.2, 0.25) is 0 Å². The Labute approximate surface area is 159 Å². The molecule has 0 bridgehead atoms. The maximum absolute atomic E-state index is 13.1. The predicted octanol–water partition coefficient (Wildman–Crippen LogP) is 1.72. The molecule has 3 rings (SSSR count). The summed E-state index contributed by atoms with van der Waals surface area (Å²) in [5.74, 6) is -0.374. The highest BCUT2D eigenvalue weighted by molar-refractivity contribution is 5.77. The molecule has 0 fully saturated rings. The van der Waals surface area contributed by atoms with Crippen LogP contribution >= 0.6 is 0 Å². The molecule has 146 valence electrons. The number of carbonyl (C=O) groups is 1. The number of carbonyl (C=O) groups excluding carboxylic acids is 1. The molecule has 0 radical (unpaired) electrons. The van der Waals surface area contributed by atoms with Gasteiger partial charge in [0.25, 0.3) is 5.91 Å². The van der Waals surface area contributed by atoms with Crippen molar-refractivity contribution in [2.75, 3.05) is 13.2 Å². The number of benzene rings is 2. The topological polar surface area (TPSA) is 78.2 Å². The SMILES string of the molecule is Cn1c(-c2ccc(F)cc2)nn(CCNC(=O)COc2ccc(F)cc2)c1=O. The number of nitrogens with one attached hydrogen (secondary N) is 1. The van der Waals surface area contributed by atoms with Crippen LogP contribution in [0.25, 0.3) is 11.4 Å². The minimum atomic E-state index is -0.391. The van der Waals surface area contributed by atoms with Gasteiger partial charge in [-0.15, -0.1) is 5.10 Å². The minimum absolute atomic E-state index is 0.163. The first-order valence-corrected chi connectivity index (χ1v) is 8.49. The molecule has 28 heavy (non-hydrogen) atoms. The first kappa shape index (κ1) is 19.3. The zero-order valence-electron chi connectivity index (χ0n) is 15.1. The van der Waals surface area contributed by atoms with Crippen molar-refractivity contribution in [3.63, 3.8) is 0 Å². The Hall–Kier alpha value is -3.49. The molecule has 0 atom stereocenters. The van der Waals surface area contributed by atoms with E-state index < -0.39 is 5.82 Å². The third kappa shape index (κ3) is 4.61. The molecule has 0 saturated carbocycles. The second-order valence-corrected chi connectivity index (χ2v) is 5.99. The van der Waals surface area contributed by atoms with E-state index in [1.807, 2.05) is 0 Å². The number of aromatic nitrogens is 3. The van der Waals surface area contributed by atoms with Crippen LogP contribution in [0.1, 0.15) is 0 Å². The van der Waals surface area contributed by atoms with Gasteiger partial charge in [-0.2, -0.15) is 0 Å².